The van der Waals surface area contributed by atoms with Crippen molar-refractivity contribution in [2.45, 2.75) is 26.1 Å². The van der Waals surface area contributed by atoms with Crippen LogP contribution >= 0.6 is 23.8 Å². The Morgan fingerprint density at radius 3 is 2.76 bits per heavy atom. The van der Waals surface area contributed by atoms with E-state index in [4.69, 9.17) is 28.2 Å². The minimum atomic E-state index is -2.90. The zero-order valence-electron chi connectivity index (χ0n) is 13.9. The molecule has 0 aliphatic carbocycles. The maximum atomic E-state index is 11.6. The predicted octanol–water partition coefficient (Wildman–Crippen LogP) is 2.93. The van der Waals surface area contributed by atoms with Gasteiger partial charge in [-0.15, -0.1) is 5.10 Å². The van der Waals surface area contributed by atoms with Crippen LogP contribution in [-0.4, -0.2) is 41.7 Å². The van der Waals surface area contributed by atoms with Gasteiger partial charge in [0.05, 0.1) is 18.2 Å². The van der Waals surface area contributed by atoms with Crippen LogP contribution in [0.3, 0.4) is 0 Å². The number of hydrogen-bond acceptors (Lipinski definition) is 6. The monoisotopic (exact) mass is 401 g/mol. The lowest BCUT2D eigenvalue weighted by Gasteiger charge is -2.16. The summed E-state index contributed by atoms with van der Waals surface area (Å²) in [5.74, 6) is 1.03. The SMILES string of the molecule is CN(Cc1ccc(Cl)cc1)Cn1nc(C[C@@H]2CCS(=O)(=O)C2)oc1=S. The molecule has 0 radical (unpaired) electrons. The van der Waals surface area contributed by atoms with E-state index in [2.05, 4.69) is 10.00 Å². The molecule has 1 aliphatic rings. The lowest BCUT2D eigenvalue weighted by atomic mass is 10.1. The molecule has 0 amide bonds. The lowest BCUT2D eigenvalue weighted by Crippen LogP contribution is -2.22. The van der Waals surface area contributed by atoms with Crippen LogP contribution in [0, 0.1) is 10.8 Å². The van der Waals surface area contributed by atoms with Crippen LogP contribution in [0.5, 0.6) is 0 Å². The third-order valence-electron chi connectivity index (χ3n) is 4.18. The molecule has 1 saturated heterocycles. The number of sulfone groups is 1. The summed E-state index contributed by atoms with van der Waals surface area (Å²) >= 11 is 11.1. The highest BCUT2D eigenvalue weighted by Crippen LogP contribution is 2.22. The van der Waals surface area contributed by atoms with Crippen molar-refractivity contribution in [2.75, 3.05) is 18.6 Å². The minimum absolute atomic E-state index is 0.0679. The van der Waals surface area contributed by atoms with Crippen molar-refractivity contribution in [3.05, 3.63) is 45.6 Å². The molecule has 0 unspecified atom stereocenters. The van der Waals surface area contributed by atoms with E-state index in [9.17, 15) is 8.42 Å². The van der Waals surface area contributed by atoms with Crippen molar-refractivity contribution in [3.8, 4) is 0 Å². The Morgan fingerprint density at radius 2 is 2.12 bits per heavy atom. The van der Waals surface area contributed by atoms with Crippen LogP contribution in [0.25, 0.3) is 0 Å². The molecule has 0 spiro atoms. The Morgan fingerprint density at radius 1 is 1.40 bits per heavy atom. The number of aromatic nitrogens is 2. The van der Waals surface area contributed by atoms with Crippen molar-refractivity contribution in [3.63, 3.8) is 0 Å². The van der Waals surface area contributed by atoms with Crippen molar-refractivity contribution in [2.24, 2.45) is 5.92 Å². The molecule has 25 heavy (non-hydrogen) atoms. The highest BCUT2D eigenvalue weighted by atomic mass is 35.5. The second kappa shape index (κ2) is 7.57. The summed E-state index contributed by atoms with van der Waals surface area (Å²) < 4.78 is 30.3. The van der Waals surface area contributed by atoms with Crippen molar-refractivity contribution in [1.82, 2.24) is 14.7 Å². The van der Waals surface area contributed by atoms with Gasteiger partial charge in [-0.3, -0.25) is 4.90 Å². The maximum Gasteiger partial charge on any atom is 0.288 e. The van der Waals surface area contributed by atoms with Crippen LogP contribution in [-0.2, 0) is 29.5 Å². The molecule has 1 fully saturated rings. The number of rotatable bonds is 6. The summed E-state index contributed by atoms with van der Waals surface area (Å²) in [6, 6.07) is 7.68. The van der Waals surface area contributed by atoms with E-state index < -0.39 is 9.84 Å². The van der Waals surface area contributed by atoms with Crippen molar-refractivity contribution < 1.29 is 12.8 Å². The fourth-order valence-electron chi connectivity index (χ4n) is 2.98. The Labute approximate surface area is 157 Å². The largest absolute Gasteiger partial charge is 0.414 e. The smallest absolute Gasteiger partial charge is 0.288 e. The first kappa shape index (κ1) is 18.6. The van der Waals surface area contributed by atoms with Crippen LogP contribution in [0.2, 0.25) is 5.02 Å². The zero-order chi connectivity index (χ0) is 18.0. The van der Waals surface area contributed by atoms with Gasteiger partial charge in [0.1, 0.15) is 0 Å². The number of halogens is 1. The molecule has 0 saturated carbocycles. The molecule has 9 heteroatoms. The maximum absolute atomic E-state index is 11.6. The fourth-order valence-corrected chi connectivity index (χ4v) is 5.16. The van der Waals surface area contributed by atoms with Crippen molar-refractivity contribution >= 4 is 33.7 Å². The van der Waals surface area contributed by atoms with E-state index in [1.165, 1.54) is 0 Å². The fraction of sp³-hybridized carbons (Fsp3) is 0.500. The summed E-state index contributed by atoms with van der Waals surface area (Å²) in [5.41, 5.74) is 1.14. The molecular weight excluding hydrogens is 382 g/mol. The van der Waals surface area contributed by atoms with E-state index in [0.29, 0.717) is 35.3 Å². The van der Waals surface area contributed by atoms with Crippen LogP contribution < -0.4 is 0 Å². The van der Waals surface area contributed by atoms with E-state index in [0.717, 1.165) is 12.1 Å². The molecule has 2 aromatic rings. The standard InChI is InChI=1S/C16H20ClN3O3S2/c1-19(9-12-2-4-14(17)5-3-12)11-20-16(24)23-15(18-20)8-13-6-7-25(21,22)10-13/h2-5,13H,6-11H2,1H3/t13-/m0/s1. The van der Waals surface area contributed by atoms with E-state index in [1.807, 2.05) is 31.3 Å². The molecule has 1 aromatic heterocycles. The van der Waals surface area contributed by atoms with Gasteiger partial charge in [-0.05, 0) is 49.3 Å². The average molecular weight is 402 g/mol. The molecule has 2 heterocycles. The van der Waals surface area contributed by atoms with Crippen LogP contribution in [0.4, 0.5) is 0 Å². The van der Waals surface area contributed by atoms with E-state index in [-0.39, 0.29) is 17.4 Å². The molecular formula is C16H20ClN3O3S2. The Bertz CT molecular complexity index is 890. The summed E-state index contributed by atoms with van der Waals surface area (Å²) in [6.45, 7) is 1.22. The van der Waals surface area contributed by atoms with Gasteiger partial charge in [-0.2, -0.15) is 0 Å². The van der Waals surface area contributed by atoms with Gasteiger partial charge in [0, 0.05) is 18.0 Å². The molecule has 1 aromatic carbocycles. The highest BCUT2D eigenvalue weighted by molar-refractivity contribution is 7.91. The second-order valence-corrected chi connectivity index (χ2v) is 9.53. The normalized spacial score (nSPS) is 19.6. The van der Waals surface area contributed by atoms with Crippen molar-refractivity contribution in [1.29, 1.82) is 0 Å². The summed E-state index contributed by atoms with van der Waals surface area (Å²) in [7, 11) is -0.929. The first-order valence-corrected chi connectivity index (χ1v) is 10.6. The topological polar surface area (TPSA) is 68.3 Å². The van der Waals surface area contributed by atoms with Gasteiger partial charge < -0.3 is 4.42 Å². The molecule has 6 nitrogen and oxygen atoms in total. The molecule has 3 rings (SSSR count). The molecule has 1 atom stereocenters. The minimum Gasteiger partial charge on any atom is -0.414 e. The van der Waals surface area contributed by atoms with Crippen LogP contribution in [0.1, 0.15) is 17.9 Å². The Hall–Kier alpha value is -1.22. The molecule has 136 valence electrons. The first-order valence-electron chi connectivity index (χ1n) is 8.01. The van der Waals surface area contributed by atoms with E-state index >= 15 is 0 Å². The van der Waals surface area contributed by atoms with Crippen LogP contribution in [0.15, 0.2) is 28.7 Å². The van der Waals surface area contributed by atoms with Gasteiger partial charge in [0.2, 0.25) is 5.89 Å². The summed E-state index contributed by atoms with van der Waals surface area (Å²) in [6.07, 6.45) is 1.17. The second-order valence-electron chi connectivity index (χ2n) is 6.52. The van der Waals surface area contributed by atoms with Gasteiger partial charge in [0.25, 0.3) is 4.84 Å². The highest BCUT2D eigenvalue weighted by Gasteiger charge is 2.29. The average Bonchev–Trinajstić information content (AvgIpc) is 3.04. The van der Waals surface area contributed by atoms with Gasteiger partial charge in [0.15, 0.2) is 9.84 Å². The van der Waals surface area contributed by atoms with Gasteiger partial charge in [-0.1, -0.05) is 23.7 Å². The summed E-state index contributed by atoms with van der Waals surface area (Å²) in [5, 5.41) is 5.12. The number of nitrogens with zero attached hydrogens (tertiary/aromatic N) is 3. The number of hydrogen-bond donors (Lipinski definition) is 0. The first-order chi connectivity index (χ1) is 11.8. The Balaban J connectivity index is 1.60. The molecule has 0 N–H and O–H groups in total. The van der Waals surface area contributed by atoms with Gasteiger partial charge in [-0.25, -0.2) is 13.1 Å². The predicted molar refractivity (Wildman–Crippen MR) is 98.7 cm³/mol. The number of benzene rings is 1. The summed E-state index contributed by atoms with van der Waals surface area (Å²) in [4.78, 5) is 2.37. The van der Waals surface area contributed by atoms with Gasteiger partial charge >= 0.3 is 0 Å². The lowest BCUT2D eigenvalue weighted by molar-refractivity contribution is 0.240. The third kappa shape index (κ3) is 5.13. The molecule has 0 bridgehead atoms. The quantitative estimate of drug-likeness (QED) is 0.693. The zero-order valence-corrected chi connectivity index (χ0v) is 16.3. The third-order valence-corrected chi connectivity index (χ3v) is 6.56. The molecule has 1 aliphatic heterocycles. The Kier molecular flexibility index (Phi) is 5.62. The van der Waals surface area contributed by atoms with E-state index in [1.54, 1.807) is 4.68 Å².